The van der Waals surface area contributed by atoms with Crippen molar-refractivity contribution in [1.29, 1.82) is 0 Å². The second-order valence-corrected chi connectivity index (χ2v) is 7.86. The van der Waals surface area contributed by atoms with E-state index in [4.69, 9.17) is 4.74 Å². The number of hydrogen-bond donors (Lipinski definition) is 0. The number of nitrogens with zero attached hydrogens (tertiary/aromatic N) is 3. The number of ether oxygens (including phenoxy) is 1. The van der Waals surface area contributed by atoms with E-state index >= 15 is 0 Å². The molecule has 6 nitrogen and oxygen atoms in total. The summed E-state index contributed by atoms with van der Waals surface area (Å²) in [4.78, 5) is 26.1. The van der Waals surface area contributed by atoms with Crippen LogP contribution < -0.4 is 0 Å². The topological polar surface area (TPSA) is 74.1 Å². The second-order valence-electron chi connectivity index (χ2n) is 7.86. The first-order valence-electron chi connectivity index (χ1n) is 10.9. The van der Waals surface area contributed by atoms with Crippen LogP contribution in [0.25, 0.3) is 11.0 Å². The van der Waals surface area contributed by atoms with E-state index in [1.165, 1.54) is 0 Å². The third kappa shape index (κ3) is 4.47. The van der Waals surface area contributed by atoms with Crippen molar-refractivity contribution in [1.82, 2.24) is 15.0 Å². The van der Waals surface area contributed by atoms with Gasteiger partial charge in [0.1, 0.15) is 5.52 Å². The van der Waals surface area contributed by atoms with E-state index in [1.807, 2.05) is 65.3 Å². The van der Waals surface area contributed by atoms with Crippen molar-refractivity contribution in [3.63, 3.8) is 0 Å². The molecule has 0 radical (unpaired) electrons. The van der Waals surface area contributed by atoms with Crippen molar-refractivity contribution in [3.8, 4) is 0 Å². The van der Waals surface area contributed by atoms with Gasteiger partial charge in [0.2, 0.25) is 5.78 Å². The van der Waals surface area contributed by atoms with Gasteiger partial charge in [-0.25, -0.2) is 9.48 Å². The Morgan fingerprint density at radius 3 is 2.12 bits per heavy atom. The molecule has 0 saturated heterocycles. The van der Waals surface area contributed by atoms with Crippen molar-refractivity contribution < 1.29 is 14.3 Å². The summed E-state index contributed by atoms with van der Waals surface area (Å²) >= 11 is 0. The number of rotatable bonds is 7. The molecule has 0 aliphatic heterocycles. The number of aromatic nitrogens is 3. The highest BCUT2D eigenvalue weighted by Gasteiger charge is 2.26. The van der Waals surface area contributed by atoms with E-state index in [1.54, 1.807) is 48.5 Å². The van der Waals surface area contributed by atoms with Crippen LogP contribution in [0.15, 0.2) is 109 Å². The van der Waals surface area contributed by atoms with Crippen LogP contribution >= 0.6 is 0 Å². The minimum Gasteiger partial charge on any atom is -0.445 e. The lowest BCUT2D eigenvalue weighted by Crippen LogP contribution is -2.20. The summed E-state index contributed by atoms with van der Waals surface area (Å²) in [5.41, 5.74) is 4.22. The van der Waals surface area contributed by atoms with Crippen LogP contribution in [0.1, 0.15) is 37.9 Å². The quantitative estimate of drug-likeness (QED) is 0.251. The van der Waals surface area contributed by atoms with E-state index in [-0.39, 0.29) is 5.78 Å². The summed E-state index contributed by atoms with van der Waals surface area (Å²) < 4.78 is 7.54. The number of fused-ring (bicyclic) bond motifs is 1. The third-order valence-electron chi connectivity index (χ3n) is 5.57. The molecule has 0 unspecified atom stereocenters. The zero-order valence-corrected chi connectivity index (χ0v) is 18.2. The molecule has 0 N–H and O–H groups in total. The van der Waals surface area contributed by atoms with Gasteiger partial charge in [0.05, 0.1) is 17.6 Å². The van der Waals surface area contributed by atoms with E-state index in [2.05, 4.69) is 10.3 Å². The molecule has 166 valence electrons. The molecule has 0 aliphatic rings. The molecule has 0 fully saturated rings. The van der Waals surface area contributed by atoms with Gasteiger partial charge in [-0.2, -0.15) is 0 Å². The molecule has 0 amide bonds. The Bertz CT molecular complexity index is 1430. The van der Waals surface area contributed by atoms with E-state index in [0.717, 1.165) is 16.6 Å². The van der Waals surface area contributed by atoms with Gasteiger partial charge in [0.25, 0.3) is 0 Å². The molecule has 4 aromatic carbocycles. The number of para-hydroxylation sites is 1. The monoisotopic (exact) mass is 447 g/mol. The Hall–Kier alpha value is -4.58. The fraction of sp³-hybridized carbons (Fsp3) is 0.0714. The number of carbonyl (C=O) groups excluding carboxylic acids is 2. The number of benzene rings is 4. The van der Waals surface area contributed by atoms with E-state index < -0.39 is 12.1 Å². The fourth-order valence-electron chi connectivity index (χ4n) is 3.78. The van der Waals surface area contributed by atoms with E-state index in [0.29, 0.717) is 23.2 Å². The van der Waals surface area contributed by atoms with Gasteiger partial charge in [-0.15, -0.1) is 5.10 Å². The Balaban J connectivity index is 1.35. The zero-order valence-electron chi connectivity index (χ0n) is 18.2. The summed E-state index contributed by atoms with van der Waals surface area (Å²) in [7, 11) is 0. The number of Topliss-reactive ketones (excluding diaryl/α,β-unsaturated/α-hetero) is 1. The fourth-order valence-corrected chi connectivity index (χ4v) is 3.78. The number of hydrogen-bond acceptors (Lipinski definition) is 5. The van der Waals surface area contributed by atoms with Gasteiger partial charge in [-0.05, 0) is 29.8 Å². The molecular weight excluding hydrogens is 426 g/mol. The molecule has 0 spiro atoms. The lowest BCUT2D eigenvalue weighted by Gasteiger charge is -2.17. The van der Waals surface area contributed by atoms with Crippen molar-refractivity contribution in [2.45, 2.75) is 12.6 Å². The molecule has 34 heavy (non-hydrogen) atoms. The normalized spacial score (nSPS) is 11.8. The summed E-state index contributed by atoms with van der Waals surface area (Å²) in [6, 6.07) is 32.7. The van der Waals surface area contributed by atoms with Crippen molar-refractivity contribution in [2.24, 2.45) is 0 Å². The van der Waals surface area contributed by atoms with Gasteiger partial charge < -0.3 is 4.74 Å². The first kappa shape index (κ1) is 21.3. The van der Waals surface area contributed by atoms with Gasteiger partial charge >= 0.3 is 5.97 Å². The molecule has 6 heteroatoms. The van der Waals surface area contributed by atoms with Crippen LogP contribution in [0.3, 0.4) is 0 Å². The predicted molar refractivity (Wildman–Crippen MR) is 128 cm³/mol. The Morgan fingerprint density at radius 2 is 1.38 bits per heavy atom. The van der Waals surface area contributed by atoms with Crippen molar-refractivity contribution in [2.75, 3.05) is 0 Å². The lowest BCUT2D eigenvalue weighted by molar-refractivity contribution is 0.0280. The Kier molecular flexibility index (Phi) is 5.95. The molecular formula is C28H21N3O3. The standard InChI is InChI=1S/C28H21N3O3/c32-26(21-9-3-1-4-10-21)27(22-11-5-2-6-12-22)34-28(33)23-17-15-20(16-18-23)19-31-25-14-8-7-13-24(25)29-30-31/h1-18,27H,19H2/t27-/m1/s1. The average Bonchev–Trinajstić information content (AvgIpc) is 3.31. The SMILES string of the molecule is O=C(O[C@@H](C(=O)c1ccccc1)c1ccccc1)c1ccc(Cn2nnc3ccccc32)cc1. The molecule has 5 rings (SSSR count). The maximum absolute atomic E-state index is 13.2. The van der Waals surface area contributed by atoms with Gasteiger partial charge in [0, 0.05) is 11.1 Å². The van der Waals surface area contributed by atoms with Crippen LogP contribution in [-0.2, 0) is 11.3 Å². The van der Waals surface area contributed by atoms with Crippen LogP contribution in [0.5, 0.6) is 0 Å². The molecule has 0 bridgehead atoms. The average molecular weight is 447 g/mol. The van der Waals surface area contributed by atoms with Crippen LogP contribution in [0.4, 0.5) is 0 Å². The molecule has 1 atom stereocenters. The minimum atomic E-state index is -1.03. The smallest absolute Gasteiger partial charge is 0.339 e. The summed E-state index contributed by atoms with van der Waals surface area (Å²) in [5, 5.41) is 8.38. The lowest BCUT2D eigenvalue weighted by atomic mass is 9.99. The van der Waals surface area contributed by atoms with Crippen LogP contribution in [0, 0.1) is 0 Å². The Labute approximate surface area is 196 Å². The largest absolute Gasteiger partial charge is 0.445 e. The van der Waals surface area contributed by atoms with Gasteiger partial charge in [-0.3, -0.25) is 4.79 Å². The molecule has 1 heterocycles. The molecule has 0 saturated carbocycles. The van der Waals surface area contributed by atoms with Gasteiger partial charge in [0.15, 0.2) is 6.10 Å². The zero-order chi connectivity index (χ0) is 23.3. The summed E-state index contributed by atoms with van der Waals surface area (Å²) in [6.45, 7) is 0.523. The van der Waals surface area contributed by atoms with Crippen molar-refractivity contribution >= 4 is 22.8 Å². The highest BCUT2D eigenvalue weighted by Crippen LogP contribution is 2.24. The van der Waals surface area contributed by atoms with Crippen LogP contribution in [-0.4, -0.2) is 26.7 Å². The van der Waals surface area contributed by atoms with E-state index in [9.17, 15) is 9.59 Å². The van der Waals surface area contributed by atoms with Crippen LogP contribution in [0.2, 0.25) is 0 Å². The molecule has 1 aromatic heterocycles. The first-order chi connectivity index (χ1) is 16.7. The molecule has 0 aliphatic carbocycles. The summed E-state index contributed by atoms with van der Waals surface area (Å²) in [5.74, 6) is -0.828. The Morgan fingerprint density at radius 1 is 0.735 bits per heavy atom. The first-order valence-corrected chi connectivity index (χ1v) is 10.9. The highest BCUT2D eigenvalue weighted by atomic mass is 16.5. The maximum Gasteiger partial charge on any atom is 0.339 e. The summed E-state index contributed by atoms with van der Waals surface area (Å²) in [6.07, 6.45) is -1.03. The third-order valence-corrected chi connectivity index (χ3v) is 5.57. The number of esters is 1. The number of carbonyl (C=O) groups is 2. The maximum atomic E-state index is 13.2. The number of ketones is 1. The second kappa shape index (κ2) is 9.50. The van der Waals surface area contributed by atoms with Crippen molar-refractivity contribution in [3.05, 3.63) is 131 Å². The highest BCUT2D eigenvalue weighted by molar-refractivity contribution is 6.02. The van der Waals surface area contributed by atoms with Gasteiger partial charge in [-0.1, -0.05) is 90.1 Å². The predicted octanol–water partition coefficient (Wildman–Crippen LogP) is 5.26. The minimum absolute atomic E-state index is 0.269. The molecule has 5 aromatic rings.